The van der Waals surface area contributed by atoms with Crippen LogP contribution in [0.1, 0.15) is 22.8 Å². The Bertz CT molecular complexity index is 1020. The lowest BCUT2D eigenvalue weighted by atomic mass is 10.2. The Labute approximate surface area is 143 Å². The van der Waals surface area contributed by atoms with Crippen molar-refractivity contribution < 1.29 is 4.79 Å². The summed E-state index contributed by atoms with van der Waals surface area (Å²) in [5.74, 6) is 0.160. The Morgan fingerprint density at radius 3 is 2.88 bits per heavy atom. The van der Waals surface area contributed by atoms with Crippen molar-refractivity contribution in [2.75, 3.05) is 18.0 Å². The van der Waals surface area contributed by atoms with Gasteiger partial charge in [0, 0.05) is 26.3 Å². The summed E-state index contributed by atoms with van der Waals surface area (Å²) in [5, 5.41) is 4.85. The van der Waals surface area contributed by atoms with E-state index in [0.29, 0.717) is 29.0 Å². The molecule has 2 N–H and O–H groups in total. The first-order valence-corrected chi connectivity index (χ1v) is 8.09. The normalized spacial score (nSPS) is 17.3. The van der Waals surface area contributed by atoms with Gasteiger partial charge in [-0.25, -0.2) is 4.98 Å². The molecule has 1 aliphatic rings. The van der Waals surface area contributed by atoms with E-state index in [2.05, 4.69) is 15.0 Å². The highest BCUT2D eigenvalue weighted by Gasteiger charge is 2.27. The average molecular weight is 338 g/mol. The molecule has 4 rings (SSSR count). The van der Waals surface area contributed by atoms with Crippen LogP contribution in [0, 0.1) is 0 Å². The number of aromatic nitrogens is 4. The number of amides is 1. The SMILES string of the molecule is Cn1c(N2CCC(n3cc(C(N)=O)cn3)C2)nc2ccccc2c1=O. The van der Waals surface area contributed by atoms with Crippen molar-refractivity contribution in [3.63, 3.8) is 0 Å². The fraction of sp³-hybridized carbons (Fsp3) is 0.294. The smallest absolute Gasteiger partial charge is 0.262 e. The maximum atomic E-state index is 12.6. The highest BCUT2D eigenvalue weighted by molar-refractivity contribution is 5.92. The molecule has 2 aromatic heterocycles. The van der Waals surface area contributed by atoms with Crippen molar-refractivity contribution >= 4 is 22.8 Å². The molecule has 1 amide bonds. The molecule has 1 atom stereocenters. The molecule has 3 heterocycles. The van der Waals surface area contributed by atoms with Gasteiger partial charge in [-0.1, -0.05) is 12.1 Å². The summed E-state index contributed by atoms with van der Waals surface area (Å²) in [4.78, 5) is 30.5. The highest BCUT2D eigenvalue weighted by Crippen LogP contribution is 2.25. The van der Waals surface area contributed by atoms with Crippen LogP contribution >= 0.6 is 0 Å². The van der Waals surface area contributed by atoms with E-state index in [1.54, 1.807) is 28.6 Å². The molecule has 0 saturated carbocycles. The molecular weight excluding hydrogens is 320 g/mol. The molecule has 1 fully saturated rings. The topological polar surface area (TPSA) is 99.0 Å². The van der Waals surface area contributed by atoms with Crippen molar-refractivity contribution in [1.82, 2.24) is 19.3 Å². The number of primary amides is 1. The van der Waals surface area contributed by atoms with Gasteiger partial charge in [0.25, 0.3) is 11.5 Å². The van der Waals surface area contributed by atoms with E-state index < -0.39 is 5.91 Å². The van der Waals surface area contributed by atoms with Gasteiger partial charge in [-0.2, -0.15) is 5.10 Å². The fourth-order valence-electron chi connectivity index (χ4n) is 3.29. The minimum absolute atomic E-state index is 0.0563. The van der Waals surface area contributed by atoms with E-state index in [1.165, 1.54) is 6.20 Å². The molecule has 0 radical (unpaired) electrons. The lowest BCUT2D eigenvalue weighted by molar-refractivity contribution is 0.1000. The second kappa shape index (κ2) is 5.73. The van der Waals surface area contributed by atoms with Crippen LogP contribution in [0.4, 0.5) is 5.95 Å². The zero-order chi connectivity index (χ0) is 17.6. The maximum absolute atomic E-state index is 12.6. The number of anilines is 1. The summed E-state index contributed by atoms with van der Waals surface area (Å²) in [6.45, 7) is 1.42. The van der Waals surface area contributed by atoms with Gasteiger partial charge >= 0.3 is 0 Å². The molecular formula is C17H18N6O2. The van der Waals surface area contributed by atoms with Gasteiger partial charge < -0.3 is 10.6 Å². The molecule has 0 spiro atoms. The van der Waals surface area contributed by atoms with Gasteiger partial charge in [0.05, 0.1) is 28.7 Å². The zero-order valence-electron chi connectivity index (χ0n) is 13.8. The van der Waals surface area contributed by atoms with E-state index in [-0.39, 0.29) is 11.6 Å². The Morgan fingerprint density at radius 1 is 1.32 bits per heavy atom. The predicted octanol–water partition coefficient (Wildman–Crippen LogP) is 0.680. The Hall–Kier alpha value is -3.16. The van der Waals surface area contributed by atoms with Gasteiger partial charge in [-0.15, -0.1) is 0 Å². The summed E-state index contributed by atoms with van der Waals surface area (Å²) in [6, 6.07) is 7.46. The fourth-order valence-corrected chi connectivity index (χ4v) is 3.29. The number of fused-ring (bicyclic) bond motifs is 1. The number of para-hydroxylation sites is 1. The Morgan fingerprint density at radius 2 is 2.12 bits per heavy atom. The first kappa shape index (κ1) is 15.4. The van der Waals surface area contributed by atoms with Crippen LogP contribution in [0.15, 0.2) is 41.5 Å². The van der Waals surface area contributed by atoms with Crippen molar-refractivity contribution in [3.8, 4) is 0 Å². The first-order chi connectivity index (χ1) is 12.0. The van der Waals surface area contributed by atoms with Crippen LogP contribution in [-0.4, -0.2) is 38.3 Å². The van der Waals surface area contributed by atoms with E-state index in [9.17, 15) is 9.59 Å². The summed E-state index contributed by atoms with van der Waals surface area (Å²) >= 11 is 0. The summed E-state index contributed by atoms with van der Waals surface area (Å²) in [5.41, 5.74) is 6.32. The minimum atomic E-state index is -0.486. The van der Waals surface area contributed by atoms with Crippen LogP contribution in [0.2, 0.25) is 0 Å². The number of nitrogens with two attached hydrogens (primary N) is 1. The lowest BCUT2D eigenvalue weighted by Crippen LogP contribution is -2.30. The third kappa shape index (κ3) is 2.55. The average Bonchev–Trinajstić information content (AvgIpc) is 3.27. The third-order valence-corrected chi connectivity index (χ3v) is 4.67. The number of benzene rings is 1. The largest absolute Gasteiger partial charge is 0.366 e. The number of carbonyl (C=O) groups excluding carboxylic acids is 1. The monoisotopic (exact) mass is 338 g/mol. The van der Waals surface area contributed by atoms with E-state index >= 15 is 0 Å². The van der Waals surface area contributed by atoms with Crippen molar-refractivity contribution in [2.24, 2.45) is 12.8 Å². The molecule has 3 aromatic rings. The molecule has 0 aliphatic carbocycles. The molecule has 128 valence electrons. The van der Waals surface area contributed by atoms with Crippen molar-refractivity contribution in [2.45, 2.75) is 12.5 Å². The molecule has 8 nitrogen and oxygen atoms in total. The first-order valence-electron chi connectivity index (χ1n) is 8.09. The quantitative estimate of drug-likeness (QED) is 0.757. The predicted molar refractivity (Wildman–Crippen MR) is 93.6 cm³/mol. The van der Waals surface area contributed by atoms with Gasteiger partial charge in [0.2, 0.25) is 5.95 Å². The zero-order valence-corrected chi connectivity index (χ0v) is 13.8. The number of carbonyl (C=O) groups is 1. The summed E-state index contributed by atoms with van der Waals surface area (Å²) in [7, 11) is 1.74. The third-order valence-electron chi connectivity index (χ3n) is 4.67. The number of hydrogen-bond acceptors (Lipinski definition) is 5. The molecule has 1 aliphatic heterocycles. The van der Waals surface area contributed by atoms with E-state index in [0.717, 1.165) is 13.0 Å². The van der Waals surface area contributed by atoms with E-state index in [4.69, 9.17) is 5.73 Å². The second-order valence-electron chi connectivity index (χ2n) is 6.25. The molecule has 1 saturated heterocycles. The molecule has 0 bridgehead atoms. The maximum Gasteiger partial charge on any atom is 0.262 e. The summed E-state index contributed by atoms with van der Waals surface area (Å²) in [6.07, 6.45) is 4.00. The minimum Gasteiger partial charge on any atom is -0.366 e. The van der Waals surface area contributed by atoms with Crippen LogP contribution in [0.5, 0.6) is 0 Å². The highest BCUT2D eigenvalue weighted by atomic mass is 16.1. The van der Waals surface area contributed by atoms with Gasteiger partial charge in [-0.3, -0.25) is 18.8 Å². The molecule has 8 heteroatoms. The van der Waals surface area contributed by atoms with Crippen LogP contribution in [0.25, 0.3) is 10.9 Å². The van der Waals surface area contributed by atoms with Gasteiger partial charge in [-0.05, 0) is 18.6 Å². The molecule has 1 aromatic carbocycles. The lowest BCUT2D eigenvalue weighted by Gasteiger charge is -2.20. The summed E-state index contributed by atoms with van der Waals surface area (Å²) < 4.78 is 3.35. The van der Waals surface area contributed by atoms with E-state index in [1.807, 2.05) is 18.2 Å². The molecule has 1 unspecified atom stereocenters. The number of hydrogen-bond donors (Lipinski definition) is 1. The second-order valence-corrected chi connectivity index (χ2v) is 6.25. The van der Waals surface area contributed by atoms with Crippen molar-refractivity contribution in [3.05, 3.63) is 52.6 Å². The Kier molecular flexibility index (Phi) is 3.52. The number of nitrogens with zero attached hydrogens (tertiary/aromatic N) is 5. The van der Waals surface area contributed by atoms with Gasteiger partial charge in [0.15, 0.2) is 0 Å². The Balaban J connectivity index is 1.65. The molecule has 25 heavy (non-hydrogen) atoms. The van der Waals surface area contributed by atoms with Crippen LogP contribution < -0.4 is 16.2 Å². The number of rotatable bonds is 3. The van der Waals surface area contributed by atoms with Crippen molar-refractivity contribution in [1.29, 1.82) is 0 Å². The van der Waals surface area contributed by atoms with Crippen LogP contribution in [-0.2, 0) is 7.05 Å². The standard InChI is InChI=1S/C17H18N6O2/c1-21-16(25)13-4-2-3-5-14(13)20-17(21)22-7-6-12(10-22)23-9-11(8-19-23)15(18)24/h2-5,8-9,12H,6-7,10H2,1H3,(H2,18,24). The van der Waals surface area contributed by atoms with Crippen LogP contribution in [0.3, 0.4) is 0 Å². The van der Waals surface area contributed by atoms with Gasteiger partial charge in [0.1, 0.15) is 0 Å².